The van der Waals surface area contributed by atoms with E-state index in [0.717, 1.165) is 0 Å². The molecule has 14 heavy (non-hydrogen) atoms. The van der Waals surface area contributed by atoms with Crippen molar-refractivity contribution in [1.29, 1.82) is 0 Å². The molecule has 0 radical (unpaired) electrons. The Bertz CT molecular complexity index is 217. The van der Waals surface area contributed by atoms with E-state index in [-0.39, 0.29) is 17.7 Å². The number of hydrogen-bond acceptors (Lipinski definition) is 2. The van der Waals surface area contributed by atoms with Gasteiger partial charge in [0.1, 0.15) is 0 Å². The highest BCUT2D eigenvalue weighted by Crippen LogP contribution is 2.16. The van der Waals surface area contributed by atoms with Crippen LogP contribution in [0.2, 0.25) is 0 Å². The van der Waals surface area contributed by atoms with Crippen LogP contribution in [0.15, 0.2) is 0 Å². The number of amides is 2. The van der Waals surface area contributed by atoms with Gasteiger partial charge in [0, 0.05) is 18.8 Å². The molecule has 0 spiro atoms. The maximum atomic E-state index is 11.4. The van der Waals surface area contributed by atoms with Gasteiger partial charge in [0.05, 0.1) is 5.41 Å². The predicted octanol–water partition coefficient (Wildman–Crippen LogP) is 0.633. The van der Waals surface area contributed by atoms with Crippen molar-refractivity contribution in [3.05, 3.63) is 0 Å². The van der Waals surface area contributed by atoms with Crippen molar-refractivity contribution in [2.75, 3.05) is 12.4 Å². The third kappa shape index (κ3) is 5.07. The fourth-order valence-corrected chi connectivity index (χ4v) is 0.886. The summed E-state index contributed by atoms with van der Waals surface area (Å²) in [5.41, 5.74) is 4.39. The number of primary amides is 1. The third-order valence-electron chi connectivity index (χ3n) is 1.83. The molecule has 0 rings (SSSR count). The molecule has 2 amide bonds. The van der Waals surface area contributed by atoms with Crippen molar-refractivity contribution in [2.24, 2.45) is 11.1 Å². The second-order valence-electron chi connectivity index (χ2n) is 3.84. The number of alkyl halides is 1. The second-order valence-corrected chi connectivity index (χ2v) is 4.11. The van der Waals surface area contributed by atoms with Crippen molar-refractivity contribution in [1.82, 2.24) is 5.32 Å². The van der Waals surface area contributed by atoms with Crippen LogP contribution in [-0.2, 0) is 9.59 Å². The van der Waals surface area contributed by atoms with Gasteiger partial charge in [-0.05, 0) is 20.3 Å². The van der Waals surface area contributed by atoms with Gasteiger partial charge in [-0.25, -0.2) is 0 Å². The third-order valence-corrected chi connectivity index (χ3v) is 2.50. The number of nitrogens with two attached hydrogens (primary N) is 1. The number of rotatable bonds is 6. The summed E-state index contributed by atoms with van der Waals surface area (Å²) < 4.78 is 0. The van der Waals surface area contributed by atoms with Crippen LogP contribution in [-0.4, -0.2) is 24.2 Å². The smallest absolute Gasteiger partial charge is 0.226 e. The Kier molecular flexibility index (Phi) is 5.53. The summed E-state index contributed by atoms with van der Waals surface area (Å²) in [6.07, 6.45) is 0.862. The van der Waals surface area contributed by atoms with Gasteiger partial charge < -0.3 is 11.1 Å². The molecule has 0 aliphatic carbocycles. The van der Waals surface area contributed by atoms with Gasteiger partial charge in [0.2, 0.25) is 11.8 Å². The summed E-state index contributed by atoms with van der Waals surface area (Å²) in [7, 11) is 0. The Morgan fingerprint density at radius 2 is 2.00 bits per heavy atom. The van der Waals surface area contributed by atoms with E-state index in [1.165, 1.54) is 0 Å². The fourth-order valence-electron chi connectivity index (χ4n) is 0.765. The molecule has 0 atom stereocenters. The van der Waals surface area contributed by atoms with E-state index in [1.54, 1.807) is 13.8 Å². The minimum atomic E-state index is -0.561. The molecule has 0 heterocycles. The molecule has 3 N–H and O–H groups in total. The highest BCUT2D eigenvalue weighted by Gasteiger charge is 2.25. The molecule has 0 saturated carbocycles. The topological polar surface area (TPSA) is 72.2 Å². The normalized spacial score (nSPS) is 11.1. The molecule has 0 bridgehead atoms. The summed E-state index contributed by atoms with van der Waals surface area (Å²) in [5.74, 6) is -0.179. The molecular formula is C9H17ClN2O2. The quantitative estimate of drug-likeness (QED) is 0.509. The molecule has 0 aliphatic heterocycles. The average Bonchev–Trinajstić information content (AvgIpc) is 2.11. The van der Waals surface area contributed by atoms with Crippen molar-refractivity contribution in [3.8, 4) is 0 Å². The van der Waals surface area contributed by atoms with Crippen molar-refractivity contribution in [2.45, 2.75) is 26.7 Å². The minimum Gasteiger partial charge on any atom is -0.370 e. The van der Waals surface area contributed by atoms with E-state index in [9.17, 15) is 9.59 Å². The maximum absolute atomic E-state index is 11.4. The van der Waals surface area contributed by atoms with E-state index < -0.39 is 5.41 Å². The fraction of sp³-hybridized carbons (Fsp3) is 0.778. The Morgan fingerprint density at radius 3 is 2.43 bits per heavy atom. The van der Waals surface area contributed by atoms with Crippen LogP contribution >= 0.6 is 11.6 Å². The Morgan fingerprint density at radius 1 is 1.43 bits per heavy atom. The zero-order valence-corrected chi connectivity index (χ0v) is 9.36. The van der Waals surface area contributed by atoms with E-state index in [2.05, 4.69) is 5.32 Å². The molecule has 82 valence electrons. The molecule has 0 unspecified atom stereocenters. The highest BCUT2D eigenvalue weighted by molar-refractivity contribution is 6.19. The molecule has 0 fully saturated rings. The van der Waals surface area contributed by atoms with Crippen molar-refractivity contribution < 1.29 is 9.59 Å². The van der Waals surface area contributed by atoms with Crippen LogP contribution in [0.1, 0.15) is 26.7 Å². The first kappa shape index (κ1) is 13.2. The van der Waals surface area contributed by atoms with E-state index in [1.807, 2.05) is 0 Å². The summed E-state index contributed by atoms with van der Waals surface area (Å²) in [4.78, 5) is 21.8. The van der Waals surface area contributed by atoms with Crippen LogP contribution in [0.4, 0.5) is 0 Å². The molecule has 0 aromatic heterocycles. The van der Waals surface area contributed by atoms with Crippen LogP contribution in [0.5, 0.6) is 0 Å². The Balaban J connectivity index is 3.70. The van der Waals surface area contributed by atoms with Gasteiger partial charge in [0.15, 0.2) is 0 Å². The molecule has 0 aromatic rings. The first-order valence-electron chi connectivity index (χ1n) is 4.52. The lowest BCUT2D eigenvalue weighted by Crippen LogP contribution is -2.38. The average molecular weight is 221 g/mol. The van der Waals surface area contributed by atoms with Gasteiger partial charge in [0.25, 0.3) is 0 Å². The molecule has 5 heteroatoms. The maximum Gasteiger partial charge on any atom is 0.226 e. The Hall–Kier alpha value is -0.770. The van der Waals surface area contributed by atoms with Gasteiger partial charge in [-0.15, -0.1) is 11.6 Å². The lowest BCUT2D eigenvalue weighted by Gasteiger charge is -2.20. The highest BCUT2D eigenvalue weighted by atomic mass is 35.5. The number of nitrogens with one attached hydrogen (secondary N) is 1. The lowest BCUT2D eigenvalue weighted by molar-refractivity contribution is -0.128. The number of hydrogen-bond donors (Lipinski definition) is 2. The SMILES string of the molecule is CC(C)(CCl)C(=O)NCCCC(N)=O. The summed E-state index contributed by atoms with van der Waals surface area (Å²) in [5, 5.41) is 2.70. The molecular weight excluding hydrogens is 204 g/mol. The molecule has 0 aliphatic rings. The summed E-state index contributed by atoms with van der Waals surface area (Å²) >= 11 is 5.62. The standard InChI is InChI=1S/C9H17ClN2O2/c1-9(2,6-10)8(14)12-5-3-4-7(11)13/h3-6H2,1-2H3,(H2,11,13)(H,12,14). The lowest BCUT2D eigenvalue weighted by atomic mass is 9.95. The molecule has 0 aromatic carbocycles. The molecule has 4 nitrogen and oxygen atoms in total. The Labute approximate surface area is 89.2 Å². The minimum absolute atomic E-state index is 0.100. The van der Waals surface area contributed by atoms with Gasteiger partial charge >= 0.3 is 0 Å². The largest absolute Gasteiger partial charge is 0.370 e. The van der Waals surface area contributed by atoms with E-state index >= 15 is 0 Å². The first-order valence-corrected chi connectivity index (χ1v) is 5.06. The van der Waals surface area contributed by atoms with Crippen molar-refractivity contribution in [3.63, 3.8) is 0 Å². The predicted molar refractivity (Wildman–Crippen MR) is 55.9 cm³/mol. The summed E-state index contributed by atoms with van der Waals surface area (Å²) in [6, 6.07) is 0. The van der Waals surface area contributed by atoms with Crippen LogP contribution in [0.25, 0.3) is 0 Å². The monoisotopic (exact) mass is 220 g/mol. The molecule has 0 saturated heterocycles. The first-order chi connectivity index (χ1) is 6.40. The van der Waals surface area contributed by atoms with Gasteiger partial charge in [-0.2, -0.15) is 0 Å². The van der Waals surface area contributed by atoms with Crippen LogP contribution < -0.4 is 11.1 Å². The second kappa shape index (κ2) is 5.86. The van der Waals surface area contributed by atoms with Crippen LogP contribution in [0.3, 0.4) is 0 Å². The van der Waals surface area contributed by atoms with E-state index in [0.29, 0.717) is 19.4 Å². The zero-order chi connectivity index (χ0) is 11.2. The number of halogens is 1. The van der Waals surface area contributed by atoms with Gasteiger partial charge in [-0.3, -0.25) is 9.59 Å². The van der Waals surface area contributed by atoms with E-state index in [4.69, 9.17) is 17.3 Å². The van der Waals surface area contributed by atoms with Crippen molar-refractivity contribution >= 4 is 23.4 Å². The number of carbonyl (C=O) groups is 2. The zero-order valence-electron chi connectivity index (χ0n) is 8.60. The number of carbonyl (C=O) groups excluding carboxylic acids is 2. The van der Waals surface area contributed by atoms with Gasteiger partial charge in [-0.1, -0.05) is 0 Å². The summed E-state index contributed by atoms with van der Waals surface area (Å²) in [6.45, 7) is 3.99. The van der Waals surface area contributed by atoms with Crippen LogP contribution in [0, 0.1) is 5.41 Å².